The molecule has 0 unspecified atom stereocenters. The Morgan fingerprint density at radius 1 is 1.10 bits per heavy atom. The SMILES string of the molecule is Clc1ccc2[nH]c3c(c2c1)CC[C@@H]1c2ccccc2N[C@H]31. The van der Waals surface area contributed by atoms with Crippen molar-refractivity contribution in [3.63, 3.8) is 0 Å². The number of aromatic nitrogens is 1. The van der Waals surface area contributed by atoms with E-state index in [0.717, 1.165) is 11.4 Å². The fraction of sp³-hybridized carbons (Fsp3) is 0.222. The molecule has 5 rings (SSSR count). The maximum absolute atomic E-state index is 6.17. The molecular formula is C18H15ClN2. The fourth-order valence-corrected chi connectivity index (χ4v) is 4.24. The molecule has 2 aromatic carbocycles. The second-order valence-corrected chi connectivity index (χ2v) is 6.50. The maximum Gasteiger partial charge on any atom is 0.0735 e. The Morgan fingerprint density at radius 2 is 2.00 bits per heavy atom. The summed E-state index contributed by atoms with van der Waals surface area (Å²) in [5.74, 6) is 0.581. The van der Waals surface area contributed by atoms with Crippen LogP contribution in [-0.2, 0) is 6.42 Å². The maximum atomic E-state index is 6.17. The second kappa shape index (κ2) is 4.05. The summed E-state index contributed by atoms with van der Waals surface area (Å²) in [4.78, 5) is 3.63. The molecule has 0 amide bonds. The van der Waals surface area contributed by atoms with Crippen molar-refractivity contribution in [3.8, 4) is 0 Å². The van der Waals surface area contributed by atoms with Gasteiger partial charge in [-0.25, -0.2) is 0 Å². The molecule has 3 heteroatoms. The molecule has 2 N–H and O–H groups in total. The van der Waals surface area contributed by atoms with Gasteiger partial charge in [0.05, 0.1) is 6.04 Å². The van der Waals surface area contributed by atoms with E-state index >= 15 is 0 Å². The van der Waals surface area contributed by atoms with Gasteiger partial charge in [0, 0.05) is 33.2 Å². The van der Waals surface area contributed by atoms with E-state index in [9.17, 15) is 0 Å². The first kappa shape index (κ1) is 11.7. The molecule has 3 aromatic rings. The number of hydrogen-bond donors (Lipinski definition) is 2. The smallest absolute Gasteiger partial charge is 0.0735 e. The summed E-state index contributed by atoms with van der Waals surface area (Å²) in [6.45, 7) is 0. The minimum Gasteiger partial charge on any atom is -0.376 e. The van der Waals surface area contributed by atoms with E-state index in [-0.39, 0.29) is 0 Å². The van der Waals surface area contributed by atoms with Crippen LogP contribution in [0.25, 0.3) is 10.9 Å². The third kappa shape index (κ3) is 1.54. The molecule has 1 aliphatic carbocycles. The van der Waals surface area contributed by atoms with Gasteiger partial charge in [-0.3, -0.25) is 0 Å². The van der Waals surface area contributed by atoms with Crippen molar-refractivity contribution < 1.29 is 0 Å². The van der Waals surface area contributed by atoms with Crippen LogP contribution in [0, 0.1) is 0 Å². The van der Waals surface area contributed by atoms with Gasteiger partial charge in [-0.05, 0) is 48.2 Å². The first-order chi connectivity index (χ1) is 10.3. The number of aryl methyl sites for hydroxylation is 1. The van der Waals surface area contributed by atoms with Crippen molar-refractivity contribution in [1.82, 2.24) is 4.98 Å². The summed E-state index contributed by atoms with van der Waals surface area (Å²) in [5.41, 5.74) is 6.73. The normalized spacial score (nSPS) is 22.5. The molecule has 2 heterocycles. The van der Waals surface area contributed by atoms with E-state index in [2.05, 4.69) is 46.7 Å². The van der Waals surface area contributed by atoms with Crippen molar-refractivity contribution in [2.24, 2.45) is 0 Å². The first-order valence-electron chi connectivity index (χ1n) is 7.47. The molecule has 0 saturated carbocycles. The largest absolute Gasteiger partial charge is 0.376 e. The number of para-hydroxylation sites is 1. The lowest BCUT2D eigenvalue weighted by atomic mass is 9.81. The first-order valence-corrected chi connectivity index (χ1v) is 7.84. The Kier molecular flexibility index (Phi) is 2.25. The lowest BCUT2D eigenvalue weighted by Gasteiger charge is -2.26. The number of H-pyrrole nitrogens is 1. The summed E-state index contributed by atoms with van der Waals surface area (Å²) in [7, 11) is 0. The molecule has 2 aliphatic rings. The zero-order valence-corrected chi connectivity index (χ0v) is 12.2. The van der Waals surface area contributed by atoms with Crippen LogP contribution in [0.2, 0.25) is 5.02 Å². The summed E-state index contributed by atoms with van der Waals surface area (Å²) < 4.78 is 0. The molecule has 0 saturated heterocycles. The van der Waals surface area contributed by atoms with E-state index in [1.807, 2.05) is 6.07 Å². The topological polar surface area (TPSA) is 27.8 Å². The van der Waals surface area contributed by atoms with E-state index in [0.29, 0.717) is 12.0 Å². The van der Waals surface area contributed by atoms with Crippen LogP contribution < -0.4 is 5.32 Å². The third-order valence-corrected chi connectivity index (χ3v) is 5.23. The molecule has 0 bridgehead atoms. The third-order valence-electron chi connectivity index (χ3n) is 4.99. The minimum atomic E-state index is 0.373. The van der Waals surface area contributed by atoms with Crippen LogP contribution in [0.3, 0.4) is 0 Å². The molecule has 1 aliphatic heterocycles. The molecule has 0 radical (unpaired) electrons. The van der Waals surface area contributed by atoms with Crippen molar-refractivity contribution in [1.29, 1.82) is 0 Å². The van der Waals surface area contributed by atoms with Gasteiger partial charge in [0.2, 0.25) is 0 Å². The fourth-order valence-electron chi connectivity index (χ4n) is 4.07. The molecule has 104 valence electrons. The van der Waals surface area contributed by atoms with Crippen LogP contribution in [0.5, 0.6) is 0 Å². The Hall–Kier alpha value is -1.93. The minimum absolute atomic E-state index is 0.373. The van der Waals surface area contributed by atoms with Gasteiger partial charge in [-0.2, -0.15) is 0 Å². The lowest BCUT2D eigenvalue weighted by molar-refractivity contribution is 0.530. The molecule has 0 fully saturated rings. The molecule has 2 atom stereocenters. The van der Waals surface area contributed by atoms with Gasteiger partial charge in [-0.15, -0.1) is 0 Å². The van der Waals surface area contributed by atoms with Gasteiger partial charge in [0.1, 0.15) is 0 Å². The van der Waals surface area contributed by atoms with Crippen molar-refractivity contribution in [2.75, 3.05) is 5.32 Å². The number of rotatable bonds is 0. The van der Waals surface area contributed by atoms with Crippen molar-refractivity contribution >= 4 is 28.2 Å². The lowest BCUT2D eigenvalue weighted by Crippen LogP contribution is -2.19. The van der Waals surface area contributed by atoms with E-state index in [1.54, 1.807) is 0 Å². The highest BCUT2D eigenvalue weighted by molar-refractivity contribution is 6.31. The number of nitrogens with one attached hydrogen (secondary N) is 2. The van der Waals surface area contributed by atoms with Gasteiger partial charge in [0.15, 0.2) is 0 Å². The Bertz CT molecular complexity index is 865. The molecule has 2 nitrogen and oxygen atoms in total. The number of hydrogen-bond acceptors (Lipinski definition) is 1. The van der Waals surface area contributed by atoms with Gasteiger partial charge >= 0.3 is 0 Å². The van der Waals surface area contributed by atoms with Gasteiger partial charge < -0.3 is 10.3 Å². The Morgan fingerprint density at radius 3 is 2.95 bits per heavy atom. The zero-order valence-electron chi connectivity index (χ0n) is 11.5. The average Bonchev–Trinajstić information content (AvgIpc) is 3.05. The molecule has 21 heavy (non-hydrogen) atoms. The number of anilines is 1. The molecule has 1 aromatic heterocycles. The Labute approximate surface area is 128 Å². The van der Waals surface area contributed by atoms with Crippen LogP contribution in [0.4, 0.5) is 5.69 Å². The van der Waals surface area contributed by atoms with Gasteiger partial charge in [0.25, 0.3) is 0 Å². The van der Waals surface area contributed by atoms with Crippen LogP contribution in [0.1, 0.15) is 35.2 Å². The van der Waals surface area contributed by atoms with Crippen molar-refractivity contribution in [3.05, 3.63) is 64.3 Å². The zero-order chi connectivity index (χ0) is 14.0. The van der Waals surface area contributed by atoms with Crippen LogP contribution in [-0.4, -0.2) is 4.98 Å². The highest BCUT2D eigenvalue weighted by atomic mass is 35.5. The van der Waals surface area contributed by atoms with Gasteiger partial charge in [-0.1, -0.05) is 29.8 Å². The monoisotopic (exact) mass is 294 g/mol. The predicted molar refractivity (Wildman–Crippen MR) is 87.2 cm³/mol. The Balaban J connectivity index is 1.71. The highest BCUT2D eigenvalue weighted by Crippen LogP contribution is 2.51. The van der Waals surface area contributed by atoms with E-state index < -0.39 is 0 Å². The predicted octanol–water partition coefficient (Wildman–Crippen LogP) is 5.02. The number of fused-ring (bicyclic) bond motifs is 7. The second-order valence-electron chi connectivity index (χ2n) is 6.06. The number of benzene rings is 2. The van der Waals surface area contributed by atoms with Crippen molar-refractivity contribution in [2.45, 2.75) is 24.8 Å². The standard InChI is InChI=1S/C18H15ClN2/c19-10-5-8-16-14(9-10)13-7-6-12-11-3-1-2-4-15(11)20-17(12)18(13)21-16/h1-5,8-9,12,17,20-21H,6-7H2/t12-,17+/m1/s1. The van der Waals surface area contributed by atoms with Crippen LogP contribution in [0.15, 0.2) is 42.5 Å². The summed E-state index contributed by atoms with van der Waals surface area (Å²) in [6, 6.07) is 15.2. The summed E-state index contributed by atoms with van der Waals surface area (Å²) in [5, 5.41) is 5.80. The highest BCUT2D eigenvalue weighted by Gasteiger charge is 2.38. The quantitative estimate of drug-likeness (QED) is 0.599. The van der Waals surface area contributed by atoms with Crippen LogP contribution >= 0.6 is 11.6 Å². The average molecular weight is 295 g/mol. The molecule has 0 spiro atoms. The number of halogens is 1. The molecular weight excluding hydrogens is 280 g/mol. The number of aromatic amines is 1. The summed E-state index contributed by atoms with van der Waals surface area (Å²) >= 11 is 6.17. The summed E-state index contributed by atoms with van der Waals surface area (Å²) in [6.07, 6.45) is 2.31. The van der Waals surface area contributed by atoms with E-state index in [1.165, 1.54) is 39.8 Å². The van der Waals surface area contributed by atoms with E-state index in [4.69, 9.17) is 11.6 Å².